The molecule has 0 spiro atoms. The Labute approximate surface area is 88.4 Å². The monoisotopic (exact) mass is 206 g/mol. The van der Waals surface area contributed by atoms with E-state index in [4.69, 9.17) is 5.26 Å². The number of aryl methyl sites for hydroxylation is 1. The molecular weight excluding hydrogens is 192 g/mol. The first-order valence-corrected chi connectivity index (χ1v) is 4.91. The van der Waals surface area contributed by atoms with Crippen LogP contribution in [0.25, 0.3) is 0 Å². The number of hydrogen-bond donors (Lipinski definition) is 1. The Balaban J connectivity index is 3.27. The van der Waals surface area contributed by atoms with E-state index in [2.05, 4.69) is 0 Å². The molecule has 0 amide bonds. The molecule has 1 aromatic rings. The maximum atomic E-state index is 11.5. The number of aromatic nitrogens is 1. The van der Waals surface area contributed by atoms with E-state index in [1.807, 2.05) is 13.0 Å². The molecule has 0 radical (unpaired) electrons. The Kier molecular flexibility index (Phi) is 3.51. The van der Waals surface area contributed by atoms with Gasteiger partial charge in [0.15, 0.2) is 5.88 Å². The maximum absolute atomic E-state index is 11.5. The summed E-state index contributed by atoms with van der Waals surface area (Å²) in [4.78, 5) is 11.5. The van der Waals surface area contributed by atoms with E-state index in [0.29, 0.717) is 6.42 Å². The highest BCUT2D eigenvalue weighted by molar-refractivity contribution is 5.33. The van der Waals surface area contributed by atoms with Crippen LogP contribution < -0.4 is 5.56 Å². The van der Waals surface area contributed by atoms with Crippen molar-refractivity contribution in [3.05, 3.63) is 27.5 Å². The molecular formula is C11H14N2O2. The van der Waals surface area contributed by atoms with E-state index >= 15 is 0 Å². The number of rotatable bonds is 3. The van der Waals surface area contributed by atoms with Gasteiger partial charge in [0.05, 0.1) is 12.5 Å². The zero-order valence-corrected chi connectivity index (χ0v) is 8.95. The smallest absolute Gasteiger partial charge is 0.253 e. The Hall–Kier alpha value is -1.76. The normalized spacial score (nSPS) is 9.93. The highest BCUT2D eigenvalue weighted by Crippen LogP contribution is 2.19. The van der Waals surface area contributed by atoms with Gasteiger partial charge in [-0.05, 0) is 18.9 Å². The Morgan fingerprint density at radius 1 is 1.60 bits per heavy atom. The number of aromatic hydroxyl groups is 1. The van der Waals surface area contributed by atoms with Gasteiger partial charge in [0.25, 0.3) is 5.56 Å². The second-order valence-corrected chi connectivity index (χ2v) is 3.38. The van der Waals surface area contributed by atoms with Gasteiger partial charge in [-0.2, -0.15) is 5.26 Å². The van der Waals surface area contributed by atoms with Gasteiger partial charge in [-0.1, -0.05) is 6.92 Å². The van der Waals surface area contributed by atoms with Gasteiger partial charge in [0.1, 0.15) is 0 Å². The summed E-state index contributed by atoms with van der Waals surface area (Å²) < 4.78 is 1.25. The van der Waals surface area contributed by atoms with E-state index < -0.39 is 0 Å². The fourth-order valence-electron chi connectivity index (χ4n) is 1.61. The van der Waals surface area contributed by atoms with Crippen molar-refractivity contribution < 1.29 is 5.11 Å². The standard InChI is InChI=1S/C11H14N2O2/c1-3-9-8(2)7-10(14)13(11(9)15)6-4-5-12/h7,15H,3-4,6H2,1-2H3. The van der Waals surface area contributed by atoms with E-state index in [9.17, 15) is 9.90 Å². The molecule has 0 bridgehead atoms. The van der Waals surface area contributed by atoms with Crippen molar-refractivity contribution in [1.82, 2.24) is 4.57 Å². The summed E-state index contributed by atoms with van der Waals surface area (Å²) in [5.41, 5.74) is 1.32. The second-order valence-electron chi connectivity index (χ2n) is 3.38. The minimum absolute atomic E-state index is 0.00208. The molecule has 0 aromatic carbocycles. The Bertz CT molecular complexity index is 455. The van der Waals surface area contributed by atoms with Gasteiger partial charge in [-0.25, -0.2) is 0 Å². The highest BCUT2D eigenvalue weighted by Gasteiger charge is 2.10. The first-order chi connectivity index (χ1) is 7.11. The topological polar surface area (TPSA) is 66.0 Å². The third-order valence-corrected chi connectivity index (χ3v) is 2.41. The van der Waals surface area contributed by atoms with Gasteiger partial charge in [-0.3, -0.25) is 9.36 Å². The van der Waals surface area contributed by atoms with Crippen molar-refractivity contribution in [2.45, 2.75) is 33.2 Å². The summed E-state index contributed by atoms with van der Waals surface area (Å²) in [6.07, 6.45) is 0.893. The van der Waals surface area contributed by atoms with Crippen molar-refractivity contribution in [2.24, 2.45) is 0 Å². The van der Waals surface area contributed by atoms with Crippen LogP contribution in [0.3, 0.4) is 0 Å². The molecule has 0 fully saturated rings. The van der Waals surface area contributed by atoms with Crippen LogP contribution in [0.5, 0.6) is 5.88 Å². The SMILES string of the molecule is CCc1c(C)cc(=O)n(CCC#N)c1O. The molecule has 4 nitrogen and oxygen atoms in total. The molecule has 0 atom stereocenters. The largest absolute Gasteiger partial charge is 0.494 e. The summed E-state index contributed by atoms with van der Waals surface area (Å²) in [7, 11) is 0. The van der Waals surface area contributed by atoms with Crippen LogP contribution in [0.15, 0.2) is 10.9 Å². The van der Waals surface area contributed by atoms with E-state index in [0.717, 1.165) is 11.1 Å². The molecule has 15 heavy (non-hydrogen) atoms. The highest BCUT2D eigenvalue weighted by atomic mass is 16.3. The minimum Gasteiger partial charge on any atom is -0.494 e. The van der Waals surface area contributed by atoms with Crippen molar-refractivity contribution in [3.63, 3.8) is 0 Å². The summed E-state index contributed by atoms with van der Waals surface area (Å²) in [5.74, 6) is -0.00208. The molecule has 0 aliphatic rings. The van der Waals surface area contributed by atoms with Crippen LogP contribution in [0, 0.1) is 18.3 Å². The molecule has 80 valence electrons. The van der Waals surface area contributed by atoms with Gasteiger partial charge >= 0.3 is 0 Å². The number of pyridine rings is 1. The maximum Gasteiger partial charge on any atom is 0.253 e. The lowest BCUT2D eigenvalue weighted by Gasteiger charge is -2.12. The van der Waals surface area contributed by atoms with Gasteiger partial charge in [-0.15, -0.1) is 0 Å². The van der Waals surface area contributed by atoms with Crippen LogP contribution in [0.1, 0.15) is 24.5 Å². The predicted octanol–water partition coefficient (Wildman–Crippen LogP) is 1.34. The molecule has 4 heteroatoms. The van der Waals surface area contributed by atoms with Crippen LogP contribution in [-0.2, 0) is 13.0 Å². The molecule has 0 aliphatic carbocycles. The van der Waals surface area contributed by atoms with E-state index in [-0.39, 0.29) is 24.4 Å². The van der Waals surface area contributed by atoms with Crippen molar-refractivity contribution in [1.29, 1.82) is 5.26 Å². The molecule has 0 aliphatic heterocycles. The molecule has 0 saturated carbocycles. The van der Waals surface area contributed by atoms with E-state index in [1.54, 1.807) is 6.92 Å². The van der Waals surface area contributed by atoms with Crippen LogP contribution >= 0.6 is 0 Å². The van der Waals surface area contributed by atoms with Crippen LogP contribution in [-0.4, -0.2) is 9.67 Å². The molecule has 1 aromatic heterocycles. The summed E-state index contributed by atoms with van der Waals surface area (Å²) in [6.45, 7) is 3.96. The molecule has 0 saturated heterocycles. The van der Waals surface area contributed by atoms with Gasteiger partial charge in [0.2, 0.25) is 0 Å². The third-order valence-electron chi connectivity index (χ3n) is 2.41. The lowest BCUT2D eigenvalue weighted by Crippen LogP contribution is -2.21. The molecule has 1 heterocycles. The number of nitrogens with zero attached hydrogens (tertiary/aromatic N) is 2. The lowest BCUT2D eigenvalue weighted by molar-refractivity contribution is 0.400. The van der Waals surface area contributed by atoms with Crippen molar-refractivity contribution >= 4 is 0 Å². The van der Waals surface area contributed by atoms with Crippen LogP contribution in [0.2, 0.25) is 0 Å². The number of nitriles is 1. The van der Waals surface area contributed by atoms with Crippen molar-refractivity contribution in [2.75, 3.05) is 0 Å². The number of hydrogen-bond acceptors (Lipinski definition) is 3. The summed E-state index contributed by atoms with van der Waals surface area (Å²) in [5, 5.41) is 18.3. The first kappa shape index (κ1) is 11.3. The quantitative estimate of drug-likeness (QED) is 0.811. The second kappa shape index (κ2) is 4.65. The van der Waals surface area contributed by atoms with E-state index in [1.165, 1.54) is 10.6 Å². The van der Waals surface area contributed by atoms with Crippen LogP contribution in [0.4, 0.5) is 0 Å². The third kappa shape index (κ3) is 2.18. The predicted molar refractivity (Wildman–Crippen MR) is 56.7 cm³/mol. The lowest BCUT2D eigenvalue weighted by atomic mass is 10.1. The summed E-state index contributed by atoms with van der Waals surface area (Å²) in [6, 6.07) is 3.45. The fourth-order valence-corrected chi connectivity index (χ4v) is 1.61. The first-order valence-electron chi connectivity index (χ1n) is 4.91. The average molecular weight is 206 g/mol. The van der Waals surface area contributed by atoms with Crippen molar-refractivity contribution in [3.8, 4) is 11.9 Å². The fraction of sp³-hybridized carbons (Fsp3) is 0.455. The zero-order valence-electron chi connectivity index (χ0n) is 8.95. The molecule has 1 rings (SSSR count). The Morgan fingerprint density at radius 3 is 2.80 bits per heavy atom. The summed E-state index contributed by atoms with van der Waals surface area (Å²) >= 11 is 0. The van der Waals surface area contributed by atoms with Gasteiger partial charge in [0, 0.05) is 18.2 Å². The van der Waals surface area contributed by atoms with Gasteiger partial charge < -0.3 is 5.11 Å². The average Bonchev–Trinajstić information content (AvgIpc) is 2.17. The minimum atomic E-state index is -0.252. The molecule has 0 unspecified atom stereocenters. The zero-order chi connectivity index (χ0) is 11.4. The Morgan fingerprint density at radius 2 is 2.27 bits per heavy atom. The molecule has 1 N–H and O–H groups in total.